The summed E-state index contributed by atoms with van der Waals surface area (Å²) >= 11 is 0. The lowest BCUT2D eigenvalue weighted by Crippen LogP contribution is -2.31. The van der Waals surface area contributed by atoms with Crippen molar-refractivity contribution in [2.75, 3.05) is 26.4 Å². The van der Waals surface area contributed by atoms with Crippen molar-refractivity contribution in [2.24, 2.45) is 5.92 Å². The second-order valence-corrected chi connectivity index (χ2v) is 12.8. The average Bonchev–Trinajstić information content (AvgIpc) is 3.02. The molecule has 0 radical (unpaired) electrons. The van der Waals surface area contributed by atoms with E-state index in [9.17, 15) is 9.13 Å². The maximum absolute atomic E-state index is 14.1. The summed E-state index contributed by atoms with van der Waals surface area (Å²) in [6.45, 7) is 20.2. The van der Waals surface area contributed by atoms with E-state index in [1.165, 1.54) is 5.57 Å². The first kappa shape index (κ1) is 27.6. The van der Waals surface area contributed by atoms with Crippen molar-refractivity contribution in [3.8, 4) is 0 Å². The summed E-state index contributed by atoms with van der Waals surface area (Å²) < 4.78 is 51.0. The van der Waals surface area contributed by atoms with E-state index in [0.29, 0.717) is 0 Å². The first-order chi connectivity index (χ1) is 14.1. The van der Waals surface area contributed by atoms with Crippen LogP contribution in [0.5, 0.6) is 0 Å². The van der Waals surface area contributed by atoms with Gasteiger partial charge in [0, 0.05) is 5.92 Å². The van der Waals surface area contributed by atoms with E-state index in [1.807, 2.05) is 0 Å². The van der Waals surface area contributed by atoms with E-state index < -0.39 is 20.1 Å². The van der Waals surface area contributed by atoms with Crippen molar-refractivity contribution >= 4 is 15.2 Å². The van der Waals surface area contributed by atoms with E-state index in [4.69, 9.17) is 18.1 Å². The maximum atomic E-state index is 14.1. The molecule has 6 nitrogen and oxygen atoms in total. The third-order valence-electron chi connectivity index (χ3n) is 5.26. The summed E-state index contributed by atoms with van der Waals surface area (Å²) in [5, 5.41) is 0. The highest BCUT2D eigenvalue weighted by molar-refractivity contribution is 7.74. The minimum absolute atomic E-state index is 0.154. The summed E-state index contributed by atoms with van der Waals surface area (Å²) in [7, 11) is -7.72. The van der Waals surface area contributed by atoms with Gasteiger partial charge in [-0.15, -0.1) is 0 Å². The van der Waals surface area contributed by atoms with Crippen LogP contribution in [0.15, 0.2) is 36.0 Å². The maximum Gasteiger partial charge on any atom is 0.349 e. The molecule has 0 aromatic carbocycles. The molecule has 0 aromatic rings. The lowest BCUT2D eigenvalue weighted by Gasteiger charge is -2.39. The molecule has 0 heterocycles. The van der Waals surface area contributed by atoms with E-state index in [0.717, 1.165) is 24.0 Å². The highest BCUT2D eigenvalue weighted by Crippen LogP contribution is 2.83. The van der Waals surface area contributed by atoms with Crippen LogP contribution in [0.25, 0.3) is 0 Å². The highest BCUT2D eigenvalue weighted by atomic mass is 31.2. The van der Waals surface area contributed by atoms with Gasteiger partial charge >= 0.3 is 15.2 Å². The van der Waals surface area contributed by atoms with Crippen LogP contribution in [0.3, 0.4) is 0 Å². The lowest BCUT2D eigenvalue weighted by molar-refractivity contribution is 0.177. The van der Waals surface area contributed by atoms with Gasteiger partial charge in [0.2, 0.25) is 0 Å². The predicted molar refractivity (Wildman–Crippen MR) is 124 cm³/mol. The van der Waals surface area contributed by atoms with Crippen LogP contribution in [-0.4, -0.2) is 31.3 Å². The van der Waals surface area contributed by atoms with Crippen molar-refractivity contribution < 1.29 is 27.2 Å². The molecular formula is C22H40O6P2. The van der Waals surface area contributed by atoms with Gasteiger partial charge in [0.15, 0.2) is 4.90 Å². The largest absolute Gasteiger partial charge is 0.349 e. The Balaban J connectivity index is 3.47. The summed E-state index contributed by atoms with van der Waals surface area (Å²) in [5.41, 5.74) is 3.03. The Kier molecular flexibility index (Phi) is 11.0. The molecule has 1 atom stereocenters. The second kappa shape index (κ2) is 11.9. The van der Waals surface area contributed by atoms with Crippen molar-refractivity contribution in [3.63, 3.8) is 0 Å². The van der Waals surface area contributed by atoms with Crippen LogP contribution in [0, 0.1) is 5.92 Å². The van der Waals surface area contributed by atoms with Crippen molar-refractivity contribution in [2.45, 2.75) is 72.1 Å². The number of hydrogen-bond donors (Lipinski definition) is 0. The van der Waals surface area contributed by atoms with E-state index in [-0.39, 0.29) is 45.2 Å². The SMILES string of the molecule is C=C(CCC=C(C)C)C1CC(P(=O)(OCC)OCC)(P(=O)(OCC)OCC)CC1=C. The van der Waals surface area contributed by atoms with E-state index in [2.05, 4.69) is 33.1 Å². The molecule has 1 rings (SSSR count). The molecule has 30 heavy (non-hydrogen) atoms. The standard InChI is InChI=1S/C22H40O6P2/c1-9-25-29(23,26-10-2)22(30(24,27-11-3)28-12-4)16-20(8)21(17-22)19(7)15-13-14-18(5)6/h14,21H,7-13,15-17H2,1-6H3. The molecular weight excluding hydrogens is 422 g/mol. The molecule has 8 heteroatoms. The van der Waals surface area contributed by atoms with E-state index in [1.54, 1.807) is 27.7 Å². The predicted octanol–water partition coefficient (Wildman–Crippen LogP) is 7.48. The van der Waals surface area contributed by atoms with Gasteiger partial charge in [-0.1, -0.05) is 36.0 Å². The molecule has 0 N–H and O–H groups in total. The van der Waals surface area contributed by atoms with Crippen LogP contribution >= 0.6 is 15.2 Å². The molecule has 1 aliphatic carbocycles. The van der Waals surface area contributed by atoms with Crippen LogP contribution in [0.4, 0.5) is 0 Å². The molecule has 0 spiro atoms. The van der Waals surface area contributed by atoms with Gasteiger partial charge in [0.25, 0.3) is 0 Å². The summed E-state index contributed by atoms with van der Waals surface area (Å²) in [6.07, 6.45) is 4.24. The van der Waals surface area contributed by atoms with Crippen molar-refractivity contribution in [1.82, 2.24) is 0 Å². The molecule has 1 fully saturated rings. The van der Waals surface area contributed by atoms with Gasteiger partial charge in [-0.2, -0.15) is 0 Å². The molecule has 0 aliphatic heterocycles. The van der Waals surface area contributed by atoms with Crippen LogP contribution < -0.4 is 0 Å². The van der Waals surface area contributed by atoms with Crippen molar-refractivity contribution in [3.05, 3.63) is 36.0 Å². The summed E-state index contributed by atoms with van der Waals surface area (Å²) in [6, 6.07) is 0. The fraction of sp³-hybridized carbons (Fsp3) is 0.727. The molecule has 0 bridgehead atoms. The fourth-order valence-corrected chi connectivity index (χ4v) is 9.95. The Labute approximate surface area is 183 Å². The second-order valence-electron chi connectivity index (χ2n) is 7.72. The fourth-order valence-electron chi connectivity index (χ4n) is 3.99. The Hall–Kier alpha value is -0.480. The third-order valence-corrected chi connectivity index (χ3v) is 11.8. The van der Waals surface area contributed by atoms with Gasteiger partial charge in [-0.3, -0.25) is 9.13 Å². The van der Waals surface area contributed by atoms with Crippen LogP contribution in [0.2, 0.25) is 0 Å². The topological polar surface area (TPSA) is 71.1 Å². The molecule has 0 amide bonds. The van der Waals surface area contributed by atoms with Crippen LogP contribution in [-0.2, 0) is 27.2 Å². The minimum Gasteiger partial charge on any atom is -0.308 e. The van der Waals surface area contributed by atoms with Gasteiger partial charge in [-0.25, -0.2) is 0 Å². The zero-order valence-electron chi connectivity index (χ0n) is 19.6. The molecule has 174 valence electrons. The van der Waals surface area contributed by atoms with Gasteiger partial charge in [0.1, 0.15) is 0 Å². The first-order valence-electron chi connectivity index (χ1n) is 10.8. The Bertz CT molecular complexity index is 673. The highest BCUT2D eigenvalue weighted by Gasteiger charge is 2.68. The Morgan fingerprint density at radius 1 is 1.00 bits per heavy atom. The monoisotopic (exact) mass is 462 g/mol. The molecule has 0 aromatic heterocycles. The molecule has 1 saturated carbocycles. The number of rotatable bonds is 14. The molecule has 1 aliphatic rings. The molecule has 1 unspecified atom stereocenters. The zero-order chi connectivity index (χ0) is 23.0. The Morgan fingerprint density at radius 2 is 1.43 bits per heavy atom. The quantitative estimate of drug-likeness (QED) is 0.197. The lowest BCUT2D eigenvalue weighted by atomic mass is 9.92. The Morgan fingerprint density at radius 3 is 1.80 bits per heavy atom. The number of hydrogen-bond acceptors (Lipinski definition) is 6. The van der Waals surface area contributed by atoms with Crippen LogP contribution in [0.1, 0.15) is 67.2 Å². The van der Waals surface area contributed by atoms with Gasteiger partial charge in [-0.05, 0) is 67.2 Å². The average molecular weight is 463 g/mol. The number of allylic oxidation sites excluding steroid dienone is 4. The smallest absolute Gasteiger partial charge is 0.308 e. The minimum atomic E-state index is -3.86. The van der Waals surface area contributed by atoms with Gasteiger partial charge < -0.3 is 18.1 Å². The normalized spacial score (nSPS) is 19.1. The van der Waals surface area contributed by atoms with Crippen molar-refractivity contribution in [1.29, 1.82) is 0 Å². The van der Waals surface area contributed by atoms with Gasteiger partial charge in [0.05, 0.1) is 26.4 Å². The van der Waals surface area contributed by atoms with E-state index >= 15 is 0 Å². The first-order valence-corrected chi connectivity index (χ1v) is 13.9. The summed E-state index contributed by atoms with van der Waals surface area (Å²) in [4.78, 5) is -1.43. The zero-order valence-corrected chi connectivity index (χ0v) is 21.4. The molecule has 0 saturated heterocycles. The third kappa shape index (κ3) is 5.85. The summed E-state index contributed by atoms with van der Waals surface area (Å²) in [5.74, 6) is -0.154.